The summed E-state index contributed by atoms with van der Waals surface area (Å²) in [5, 5.41) is 9.72. The quantitative estimate of drug-likeness (QED) is 0.810. The maximum absolute atomic E-state index is 10.7. The molecule has 15 heavy (non-hydrogen) atoms. The van der Waals surface area contributed by atoms with Crippen LogP contribution in [0.5, 0.6) is 0 Å². The largest absolute Gasteiger partial charge is 0.481 e. The number of benzene rings is 1. The van der Waals surface area contributed by atoms with Crippen molar-refractivity contribution in [1.29, 1.82) is 0 Å². The lowest BCUT2D eigenvalue weighted by atomic mass is 10.1. The molecule has 1 aromatic heterocycles. The third-order valence-electron chi connectivity index (χ3n) is 2.27. The SMILES string of the molecule is Cc1cc(CC(=O)O)c2ccccc2n1. The molecule has 0 fully saturated rings. The molecule has 0 aliphatic carbocycles. The normalized spacial score (nSPS) is 10.5. The summed E-state index contributed by atoms with van der Waals surface area (Å²) >= 11 is 0. The molecular weight excluding hydrogens is 190 g/mol. The molecule has 2 aromatic rings. The number of aromatic nitrogens is 1. The minimum atomic E-state index is -0.814. The lowest BCUT2D eigenvalue weighted by Crippen LogP contribution is -2.02. The van der Waals surface area contributed by atoms with E-state index in [1.807, 2.05) is 37.3 Å². The van der Waals surface area contributed by atoms with Gasteiger partial charge in [0, 0.05) is 11.1 Å². The van der Waals surface area contributed by atoms with Gasteiger partial charge in [-0.1, -0.05) is 18.2 Å². The maximum Gasteiger partial charge on any atom is 0.307 e. The van der Waals surface area contributed by atoms with Crippen LogP contribution in [-0.4, -0.2) is 16.1 Å². The van der Waals surface area contributed by atoms with Crippen molar-refractivity contribution in [2.24, 2.45) is 0 Å². The van der Waals surface area contributed by atoms with Crippen molar-refractivity contribution in [2.45, 2.75) is 13.3 Å². The van der Waals surface area contributed by atoms with E-state index in [0.29, 0.717) is 0 Å². The number of pyridine rings is 1. The number of carbonyl (C=O) groups is 1. The van der Waals surface area contributed by atoms with Crippen molar-refractivity contribution in [3.63, 3.8) is 0 Å². The van der Waals surface area contributed by atoms with Gasteiger partial charge in [0.05, 0.1) is 11.9 Å². The van der Waals surface area contributed by atoms with Gasteiger partial charge in [0.15, 0.2) is 0 Å². The Morgan fingerprint density at radius 1 is 1.40 bits per heavy atom. The number of hydrogen-bond acceptors (Lipinski definition) is 2. The lowest BCUT2D eigenvalue weighted by molar-refractivity contribution is -0.136. The number of carboxylic acid groups (broad SMARTS) is 1. The fourth-order valence-electron chi connectivity index (χ4n) is 1.70. The summed E-state index contributed by atoms with van der Waals surface area (Å²) in [5.41, 5.74) is 2.53. The number of aliphatic carboxylic acids is 1. The molecule has 76 valence electrons. The van der Waals surface area contributed by atoms with Crippen LogP contribution in [0.15, 0.2) is 30.3 Å². The number of para-hydroxylation sites is 1. The minimum absolute atomic E-state index is 0.0455. The van der Waals surface area contributed by atoms with Crippen LogP contribution >= 0.6 is 0 Å². The molecule has 0 atom stereocenters. The first-order chi connectivity index (χ1) is 7.16. The topological polar surface area (TPSA) is 50.2 Å². The van der Waals surface area contributed by atoms with Gasteiger partial charge in [0.25, 0.3) is 0 Å². The van der Waals surface area contributed by atoms with E-state index in [-0.39, 0.29) is 6.42 Å². The summed E-state index contributed by atoms with van der Waals surface area (Å²) in [6, 6.07) is 9.42. The van der Waals surface area contributed by atoms with Crippen LogP contribution in [0.2, 0.25) is 0 Å². The maximum atomic E-state index is 10.7. The van der Waals surface area contributed by atoms with E-state index in [1.54, 1.807) is 0 Å². The number of fused-ring (bicyclic) bond motifs is 1. The first kappa shape index (κ1) is 9.65. The molecule has 1 heterocycles. The number of nitrogens with zero attached hydrogens (tertiary/aromatic N) is 1. The van der Waals surface area contributed by atoms with Crippen LogP contribution < -0.4 is 0 Å². The van der Waals surface area contributed by atoms with Gasteiger partial charge in [-0.05, 0) is 24.6 Å². The standard InChI is InChI=1S/C12H11NO2/c1-8-6-9(7-12(14)15)10-4-2-3-5-11(10)13-8/h2-6H,7H2,1H3,(H,14,15). The molecule has 0 radical (unpaired) electrons. The molecule has 3 heteroatoms. The van der Waals surface area contributed by atoms with Crippen LogP contribution in [-0.2, 0) is 11.2 Å². The van der Waals surface area contributed by atoms with Gasteiger partial charge in [0.2, 0.25) is 0 Å². The molecule has 1 aromatic carbocycles. The van der Waals surface area contributed by atoms with E-state index >= 15 is 0 Å². The number of aryl methyl sites for hydroxylation is 1. The van der Waals surface area contributed by atoms with E-state index < -0.39 is 5.97 Å². The van der Waals surface area contributed by atoms with Gasteiger partial charge in [-0.3, -0.25) is 9.78 Å². The first-order valence-corrected chi connectivity index (χ1v) is 4.74. The molecule has 0 saturated carbocycles. The molecule has 0 aliphatic heterocycles. The van der Waals surface area contributed by atoms with Crippen molar-refractivity contribution in [3.8, 4) is 0 Å². The van der Waals surface area contributed by atoms with Gasteiger partial charge in [-0.2, -0.15) is 0 Å². The highest BCUT2D eigenvalue weighted by Gasteiger charge is 2.06. The van der Waals surface area contributed by atoms with Crippen molar-refractivity contribution in [1.82, 2.24) is 4.98 Å². The summed E-state index contributed by atoms with van der Waals surface area (Å²) in [5.74, 6) is -0.814. The van der Waals surface area contributed by atoms with E-state index in [0.717, 1.165) is 22.2 Å². The first-order valence-electron chi connectivity index (χ1n) is 4.74. The lowest BCUT2D eigenvalue weighted by Gasteiger charge is -2.05. The predicted molar refractivity (Wildman–Crippen MR) is 57.8 cm³/mol. The average molecular weight is 201 g/mol. The Bertz CT molecular complexity index is 520. The molecule has 0 spiro atoms. The molecule has 0 amide bonds. The number of hydrogen-bond donors (Lipinski definition) is 1. The van der Waals surface area contributed by atoms with Crippen LogP contribution in [0.4, 0.5) is 0 Å². The van der Waals surface area contributed by atoms with E-state index in [2.05, 4.69) is 4.98 Å². The predicted octanol–water partition coefficient (Wildman–Crippen LogP) is 2.17. The highest BCUT2D eigenvalue weighted by atomic mass is 16.4. The van der Waals surface area contributed by atoms with Gasteiger partial charge in [0.1, 0.15) is 0 Å². The zero-order valence-corrected chi connectivity index (χ0v) is 8.40. The monoisotopic (exact) mass is 201 g/mol. The summed E-state index contributed by atoms with van der Waals surface area (Å²) in [4.78, 5) is 15.1. The third-order valence-corrected chi connectivity index (χ3v) is 2.27. The van der Waals surface area contributed by atoms with E-state index in [1.165, 1.54) is 0 Å². The minimum Gasteiger partial charge on any atom is -0.481 e. The van der Waals surface area contributed by atoms with Gasteiger partial charge < -0.3 is 5.11 Å². The summed E-state index contributed by atoms with van der Waals surface area (Å²) in [6.45, 7) is 1.87. The second-order valence-electron chi connectivity index (χ2n) is 3.51. The zero-order valence-electron chi connectivity index (χ0n) is 8.40. The molecule has 3 nitrogen and oxygen atoms in total. The Morgan fingerprint density at radius 2 is 2.13 bits per heavy atom. The third kappa shape index (κ3) is 1.96. The molecule has 2 rings (SSSR count). The summed E-state index contributed by atoms with van der Waals surface area (Å²) in [7, 11) is 0. The van der Waals surface area contributed by atoms with Crippen LogP contribution in [0.25, 0.3) is 10.9 Å². The van der Waals surface area contributed by atoms with Gasteiger partial charge in [-0.15, -0.1) is 0 Å². The van der Waals surface area contributed by atoms with Crippen molar-refractivity contribution < 1.29 is 9.90 Å². The smallest absolute Gasteiger partial charge is 0.307 e. The van der Waals surface area contributed by atoms with Crippen LogP contribution in [0.3, 0.4) is 0 Å². The number of rotatable bonds is 2. The Kier molecular flexibility index (Phi) is 2.37. The van der Waals surface area contributed by atoms with Crippen LogP contribution in [0.1, 0.15) is 11.3 Å². The van der Waals surface area contributed by atoms with E-state index in [9.17, 15) is 4.79 Å². The number of carboxylic acids is 1. The Hall–Kier alpha value is -1.90. The summed E-state index contributed by atoms with van der Waals surface area (Å²) < 4.78 is 0. The second kappa shape index (κ2) is 3.69. The Balaban J connectivity index is 2.65. The zero-order chi connectivity index (χ0) is 10.8. The summed E-state index contributed by atoms with van der Waals surface area (Å²) in [6.07, 6.45) is 0.0455. The molecule has 0 bridgehead atoms. The highest BCUT2D eigenvalue weighted by molar-refractivity contribution is 5.86. The van der Waals surface area contributed by atoms with Crippen LogP contribution in [0, 0.1) is 6.92 Å². The fourth-order valence-corrected chi connectivity index (χ4v) is 1.70. The van der Waals surface area contributed by atoms with Crippen molar-refractivity contribution in [3.05, 3.63) is 41.6 Å². The highest BCUT2D eigenvalue weighted by Crippen LogP contribution is 2.18. The Morgan fingerprint density at radius 3 is 2.87 bits per heavy atom. The molecular formula is C12H11NO2. The molecule has 0 unspecified atom stereocenters. The van der Waals surface area contributed by atoms with Gasteiger partial charge >= 0.3 is 5.97 Å². The van der Waals surface area contributed by atoms with Crippen molar-refractivity contribution in [2.75, 3.05) is 0 Å². The second-order valence-corrected chi connectivity index (χ2v) is 3.51. The molecule has 1 N–H and O–H groups in total. The molecule has 0 saturated heterocycles. The van der Waals surface area contributed by atoms with Gasteiger partial charge in [-0.25, -0.2) is 0 Å². The fraction of sp³-hybridized carbons (Fsp3) is 0.167. The molecule has 0 aliphatic rings. The Labute approximate surface area is 87.4 Å². The average Bonchev–Trinajstić information content (AvgIpc) is 2.16. The van der Waals surface area contributed by atoms with E-state index in [4.69, 9.17) is 5.11 Å². The van der Waals surface area contributed by atoms with Crippen molar-refractivity contribution >= 4 is 16.9 Å².